The Labute approximate surface area is 87.3 Å². The fourth-order valence-electron chi connectivity index (χ4n) is 1.68. The zero-order valence-electron chi connectivity index (χ0n) is 8.00. The molecule has 0 aromatic heterocycles. The number of nitrogens with zero attached hydrogens (tertiary/aromatic N) is 2. The van der Waals surface area contributed by atoms with Crippen LogP contribution in [0.2, 0.25) is 0 Å². The molecule has 13 heavy (non-hydrogen) atoms. The highest BCUT2D eigenvalue weighted by atomic mass is 79.9. The third-order valence-corrected chi connectivity index (χ3v) is 3.72. The van der Waals surface area contributed by atoms with E-state index in [0.29, 0.717) is 6.42 Å². The Kier molecular flexibility index (Phi) is 3.14. The number of hydrogen-bond acceptors (Lipinski definition) is 3. The molecule has 0 spiro atoms. The van der Waals surface area contributed by atoms with Crippen molar-refractivity contribution in [1.82, 2.24) is 5.01 Å². The zero-order chi connectivity index (χ0) is 10.1. The van der Waals surface area contributed by atoms with Crippen LogP contribution < -0.4 is 0 Å². The highest BCUT2D eigenvalue weighted by molar-refractivity contribution is 9.18. The van der Waals surface area contributed by atoms with Gasteiger partial charge in [0.25, 0.3) is 0 Å². The van der Waals surface area contributed by atoms with E-state index in [0.717, 1.165) is 4.62 Å². The van der Waals surface area contributed by atoms with Crippen molar-refractivity contribution in [2.75, 3.05) is 13.7 Å². The van der Waals surface area contributed by atoms with Crippen LogP contribution in [0.3, 0.4) is 0 Å². The minimum Gasteiger partial charge on any atom is -0.396 e. The van der Waals surface area contributed by atoms with Crippen molar-refractivity contribution >= 4 is 20.6 Å². The van der Waals surface area contributed by atoms with Crippen LogP contribution in [0.15, 0.2) is 17.8 Å². The van der Waals surface area contributed by atoms with Gasteiger partial charge < -0.3 is 5.11 Å². The average Bonchev–Trinajstić information content (AvgIpc) is 2.31. The van der Waals surface area contributed by atoms with Gasteiger partial charge in [-0.2, -0.15) is 5.10 Å². The Balaban J connectivity index is 2.98. The van der Waals surface area contributed by atoms with Crippen molar-refractivity contribution < 1.29 is 5.11 Å². The van der Waals surface area contributed by atoms with Gasteiger partial charge in [-0.1, -0.05) is 6.08 Å². The van der Waals surface area contributed by atoms with Gasteiger partial charge in [0.05, 0.1) is 11.5 Å². The van der Waals surface area contributed by atoms with Crippen LogP contribution in [0.25, 0.3) is 0 Å². The predicted octanol–water partition coefficient (Wildman–Crippen LogP) is 1.58. The predicted molar refractivity (Wildman–Crippen MR) is 57.9 cm³/mol. The molecule has 2 unspecified atom stereocenters. The van der Waals surface area contributed by atoms with Gasteiger partial charge in [0.15, 0.2) is 0 Å². The normalized spacial score (nSPS) is 33.4. The number of aliphatic hydroxyl groups is 1. The molecule has 0 fully saturated rings. The Morgan fingerprint density at radius 2 is 2.46 bits per heavy atom. The first-order valence-corrected chi connectivity index (χ1v) is 5.09. The molecular weight excluding hydrogens is 232 g/mol. The van der Waals surface area contributed by atoms with Crippen molar-refractivity contribution in [3.63, 3.8) is 0 Å². The lowest BCUT2D eigenvalue weighted by Gasteiger charge is -2.31. The van der Waals surface area contributed by atoms with Crippen LogP contribution in [0.4, 0.5) is 0 Å². The van der Waals surface area contributed by atoms with E-state index in [4.69, 9.17) is 5.11 Å². The van der Waals surface area contributed by atoms with Gasteiger partial charge >= 0.3 is 0 Å². The summed E-state index contributed by atoms with van der Waals surface area (Å²) in [5, 5.41) is 15.2. The van der Waals surface area contributed by atoms with Gasteiger partial charge in [0, 0.05) is 13.7 Å². The van der Waals surface area contributed by atoms with E-state index in [-0.39, 0.29) is 18.1 Å². The second-order valence-electron chi connectivity index (χ2n) is 3.36. The lowest BCUT2D eigenvalue weighted by Crippen LogP contribution is -2.38. The molecular formula is C9H15BrN2O. The minimum absolute atomic E-state index is 0.148. The molecule has 1 aliphatic heterocycles. The van der Waals surface area contributed by atoms with Crippen LogP contribution in [0.1, 0.15) is 13.3 Å². The maximum absolute atomic E-state index is 9.00. The van der Waals surface area contributed by atoms with Gasteiger partial charge in [-0.25, -0.2) is 0 Å². The summed E-state index contributed by atoms with van der Waals surface area (Å²) in [6, 6.07) is 0.242. The van der Waals surface area contributed by atoms with Gasteiger partial charge in [0.2, 0.25) is 0 Å². The minimum atomic E-state index is -0.219. The monoisotopic (exact) mass is 246 g/mol. The first-order valence-electron chi connectivity index (χ1n) is 4.30. The average molecular weight is 247 g/mol. The molecule has 2 atom stereocenters. The van der Waals surface area contributed by atoms with Crippen LogP contribution in [-0.2, 0) is 0 Å². The van der Waals surface area contributed by atoms with Gasteiger partial charge in [-0.3, -0.25) is 5.01 Å². The molecule has 1 rings (SSSR count). The Morgan fingerprint density at radius 3 is 2.77 bits per heavy atom. The molecule has 3 nitrogen and oxygen atoms in total. The number of rotatable bonds is 3. The van der Waals surface area contributed by atoms with E-state index < -0.39 is 0 Å². The van der Waals surface area contributed by atoms with Crippen molar-refractivity contribution in [3.05, 3.63) is 12.7 Å². The Morgan fingerprint density at radius 1 is 1.85 bits per heavy atom. The molecule has 74 valence electrons. The summed E-state index contributed by atoms with van der Waals surface area (Å²) in [5.41, 5.74) is -0.219. The molecule has 4 heteroatoms. The highest BCUT2D eigenvalue weighted by Crippen LogP contribution is 2.39. The summed E-state index contributed by atoms with van der Waals surface area (Å²) >= 11 is 3.43. The lowest BCUT2D eigenvalue weighted by atomic mass is 9.80. The van der Waals surface area contributed by atoms with E-state index in [2.05, 4.69) is 34.5 Å². The molecule has 0 amide bonds. The first-order chi connectivity index (χ1) is 6.08. The molecule has 1 N–H and O–H groups in total. The molecule has 0 aromatic carbocycles. The molecule has 1 aliphatic rings. The van der Waals surface area contributed by atoms with E-state index in [1.807, 2.05) is 18.1 Å². The maximum atomic E-state index is 9.00. The summed E-state index contributed by atoms with van der Waals surface area (Å²) < 4.78 is 0.860. The zero-order valence-corrected chi connectivity index (χ0v) is 9.58. The van der Waals surface area contributed by atoms with Crippen LogP contribution >= 0.6 is 15.9 Å². The fraction of sp³-hybridized carbons (Fsp3) is 0.667. The summed E-state index contributed by atoms with van der Waals surface area (Å²) in [4.78, 5) is 0. The summed E-state index contributed by atoms with van der Waals surface area (Å²) in [5.74, 6) is 0. The third kappa shape index (κ3) is 1.53. The summed E-state index contributed by atoms with van der Waals surface area (Å²) in [7, 11) is 1.93. The molecule has 1 heterocycles. The van der Waals surface area contributed by atoms with E-state index >= 15 is 0 Å². The Hall–Kier alpha value is -0.350. The van der Waals surface area contributed by atoms with Gasteiger partial charge in [-0.15, -0.1) is 6.58 Å². The van der Waals surface area contributed by atoms with Crippen molar-refractivity contribution in [3.8, 4) is 0 Å². The van der Waals surface area contributed by atoms with Crippen molar-refractivity contribution in [2.24, 2.45) is 10.5 Å². The summed E-state index contributed by atoms with van der Waals surface area (Å²) in [6.07, 6.45) is 2.52. The topological polar surface area (TPSA) is 35.8 Å². The second-order valence-corrected chi connectivity index (χ2v) is 4.11. The molecule has 0 radical (unpaired) electrons. The third-order valence-electron chi connectivity index (χ3n) is 2.83. The van der Waals surface area contributed by atoms with E-state index in [1.165, 1.54) is 0 Å². The smallest absolute Gasteiger partial charge is 0.115 e. The number of hydrazone groups is 1. The molecule has 0 aliphatic carbocycles. The van der Waals surface area contributed by atoms with Gasteiger partial charge in [-0.05, 0) is 29.3 Å². The van der Waals surface area contributed by atoms with Crippen molar-refractivity contribution in [1.29, 1.82) is 0 Å². The van der Waals surface area contributed by atoms with Crippen LogP contribution in [-0.4, -0.2) is 34.4 Å². The second kappa shape index (κ2) is 3.80. The van der Waals surface area contributed by atoms with Gasteiger partial charge in [0.1, 0.15) is 4.62 Å². The van der Waals surface area contributed by atoms with E-state index in [1.54, 1.807) is 0 Å². The standard InChI is InChI=1S/C9H15BrN2O/c1-4-9(5-6-13)7(2)12(3)11-8(9)10/h4,7,13H,1,5-6H2,2-3H3. The molecule has 0 aromatic rings. The van der Waals surface area contributed by atoms with Crippen molar-refractivity contribution in [2.45, 2.75) is 19.4 Å². The fourth-order valence-corrected chi connectivity index (χ4v) is 2.62. The largest absolute Gasteiger partial charge is 0.396 e. The quantitative estimate of drug-likeness (QED) is 0.768. The number of hydrogen-bond donors (Lipinski definition) is 1. The number of halogens is 1. The lowest BCUT2D eigenvalue weighted by molar-refractivity contribution is 0.183. The van der Waals surface area contributed by atoms with E-state index in [9.17, 15) is 0 Å². The van der Waals surface area contributed by atoms with Crippen LogP contribution in [0, 0.1) is 5.41 Å². The highest BCUT2D eigenvalue weighted by Gasteiger charge is 2.43. The Bertz CT molecular complexity index is 242. The molecule has 0 saturated carbocycles. The SMILES string of the molecule is C=CC1(CCO)C(Br)=NN(C)C1C. The first kappa shape index (κ1) is 10.7. The molecule has 0 bridgehead atoms. The summed E-state index contributed by atoms with van der Waals surface area (Å²) in [6.45, 7) is 6.05. The number of aliphatic hydroxyl groups excluding tert-OH is 1. The van der Waals surface area contributed by atoms with Crippen LogP contribution in [0.5, 0.6) is 0 Å². The maximum Gasteiger partial charge on any atom is 0.115 e. The molecule has 0 saturated heterocycles.